The van der Waals surface area contributed by atoms with Crippen LogP contribution in [0, 0.1) is 0 Å². The first-order valence-electron chi connectivity index (χ1n) is 5.53. The maximum atomic E-state index is 11.2. The summed E-state index contributed by atoms with van der Waals surface area (Å²) in [7, 11) is 0. The van der Waals surface area contributed by atoms with E-state index in [2.05, 4.69) is 10.3 Å². The van der Waals surface area contributed by atoms with Crippen molar-refractivity contribution < 1.29 is 14.3 Å². The van der Waals surface area contributed by atoms with Crippen molar-refractivity contribution in [3.8, 4) is 0 Å². The molecule has 1 heterocycles. The molecule has 0 saturated heterocycles. The van der Waals surface area contributed by atoms with Crippen LogP contribution in [0.5, 0.6) is 0 Å². The van der Waals surface area contributed by atoms with Gasteiger partial charge in [-0.05, 0) is 13.8 Å². The zero-order chi connectivity index (χ0) is 12.8. The average molecular weight is 242 g/mol. The van der Waals surface area contributed by atoms with Crippen molar-refractivity contribution in [3.05, 3.63) is 5.69 Å². The van der Waals surface area contributed by atoms with E-state index >= 15 is 0 Å². The molecule has 7 nitrogen and oxygen atoms in total. The molecule has 1 rings (SSSR count). The summed E-state index contributed by atoms with van der Waals surface area (Å²) in [6.45, 7) is 6.51. The van der Waals surface area contributed by atoms with Crippen LogP contribution < -0.4 is 5.73 Å². The Bertz CT molecular complexity index is 372. The lowest BCUT2D eigenvalue weighted by molar-refractivity contribution is -0.144. The highest BCUT2D eigenvalue weighted by atomic mass is 16.7. The summed E-state index contributed by atoms with van der Waals surface area (Å²) in [6, 6.07) is 0. The van der Waals surface area contributed by atoms with Gasteiger partial charge in [0.25, 0.3) is 0 Å². The number of anilines is 1. The molecule has 7 heteroatoms. The molecule has 0 aliphatic rings. The van der Waals surface area contributed by atoms with Gasteiger partial charge in [0.1, 0.15) is 0 Å². The number of rotatable bonds is 7. The summed E-state index contributed by atoms with van der Waals surface area (Å²) >= 11 is 0. The van der Waals surface area contributed by atoms with E-state index in [9.17, 15) is 4.79 Å². The fourth-order valence-corrected chi connectivity index (χ4v) is 1.37. The van der Waals surface area contributed by atoms with Crippen LogP contribution in [0.25, 0.3) is 0 Å². The molecule has 0 aromatic carbocycles. The predicted molar refractivity (Wildman–Crippen MR) is 61.5 cm³/mol. The second kappa shape index (κ2) is 6.31. The SMILES string of the molecule is CCOC(Cn1nnc(C(C)=O)c1N)OCC. The summed E-state index contributed by atoms with van der Waals surface area (Å²) in [4.78, 5) is 11.2. The molecule has 0 aliphatic carbocycles. The first kappa shape index (κ1) is 13.6. The predicted octanol–water partition coefficient (Wildman–Crippen LogP) is 0.462. The minimum Gasteiger partial charge on any atom is -0.382 e. The first-order chi connectivity index (χ1) is 8.10. The van der Waals surface area contributed by atoms with Crippen molar-refractivity contribution >= 4 is 11.6 Å². The zero-order valence-corrected chi connectivity index (χ0v) is 10.3. The number of hydrogen-bond donors (Lipinski definition) is 1. The molecule has 17 heavy (non-hydrogen) atoms. The van der Waals surface area contributed by atoms with Gasteiger partial charge in [0, 0.05) is 20.1 Å². The number of carbonyl (C=O) groups is 1. The fourth-order valence-electron chi connectivity index (χ4n) is 1.37. The van der Waals surface area contributed by atoms with Gasteiger partial charge in [-0.2, -0.15) is 0 Å². The van der Waals surface area contributed by atoms with Gasteiger partial charge in [0.15, 0.2) is 23.6 Å². The van der Waals surface area contributed by atoms with Crippen LogP contribution in [0.4, 0.5) is 5.82 Å². The van der Waals surface area contributed by atoms with Gasteiger partial charge in [0.05, 0.1) is 6.54 Å². The van der Waals surface area contributed by atoms with Crippen LogP contribution in [0.1, 0.15) is 31.3 Å². The zero-order valence-electron chi connectivity index (χ0n) is 10.3. The van der Waals surface area contributed by atoms with Crippen molar-refractivity contribution in [3.63, 3.8) is 0 Å². The maximum absolute atomic E-state index is 11.2. The normalized spacial score (nSPS) is 11.1. The molecule has 0 spiro atoms. The van der Waals surface area contributed by atoms with Crippen molar-refractivity contribution in [2.24, 2.45) is 0 Å². The molecule has 0 bridgehead atoms. The third-order valence-electron chi connectivity index (χ3n) is 2.13. The van der Waals surface area contributed by atoms with Gasteiger partial charge in [-0.25, -0.2) is 4.68 Å². The maximum Gasteiger partial charge on any atom is 0.183 e. The van der Waals surface area contributed by atoms with E-state index in [4.69, 9.17) is 15.2 Å². The van der Waals surface area contributed by atoms with Gasteiger partial charge in [-0.1, -0.05) is 5.21 Å². The van der Waals surface area contributed by atoms with Crippen LogP contribution in [-0.4, -0.2) is 40.3 Å². The molecule has 0 fully saturated rings. The number of hydrogen-bond acceptors (Lipinski definition) is 6. The van der Waals surface area contributed by atoms with E-state index in [1.54, 1.807) is 0 Å². The molecule has 0 atom stereocenters. The van der Waals surface area contributed by atoms with Crippen molar-refractivity contribution in [1.82, 2.24) is 15.0 Å². The number of ether oxygens (including phenoxy) is 2. The van der Waals surface area contributed by atoms with E-state index < -0.39 is 6.29 Å². The summed E-state index contributed by atoms with van der Waals surface area (Å²) in [6.07, 6.45) is -0.436. The Morgan fingerprint density at radius 1 is 1.41 bits per heavy atom. The molecule has 1 aromatic rings. The van der Waals surface area contributed by atoms with Crippen molar-refractivity contribution in [1.29, 1.82) is 0 Å². The molecular formula is C10H18N4O3. The number of nitrogens with zero attached hydrogens (tertiary/aromatic N) is 3. The molecule has 96 valence electrons. The van der Waals surface area contributed by atoms with E-state index in [1.807, 2.05) is 13.8 Å². The molecule has 0 amide bonds. The highest BCUT2D eigenvalue weighted by molar-refractivity contribution is 5.96. The smallest absolute Gasteiger partial charge is 0.183 e. The molecule has 2 N–H and O–H groups in total. The number of carbonyl (C=O) groups excluding carboxylic acids is 1. The van der Waals surface area contributed by atoms with Crippen LogP contribution in [0.15, 0.2) is 0 Å². The quantitative estimate of drug-likeness (QED) is 0.551. The van der Waals surface area contributed by atoms with Crippen LogP contribution in [-0.2, 0) is 16.0 Å². The second-order valence-electron chi connectivity index (χ2n) is 3.40. The van der Waals surface area contributed by atoms with Gasteiger partial charge < -0.3 is 15.2 Å². The Morgan fingerprint density at radius 3 is 2.41 bits per heavy atom. The lowest BCUT2D eigenvalue weighted by Gasteiger charge is -2.16. The van der Waals surface area contributed by atoms with E-state index in [-0.39, 0.29) is 17.3 Å². The number of nitrogens with two attached hydrogens (primary N) is 1. The third-order valence-corrected chi connectivity index (χ3v) is 2.13. The molecule has 1 aromatic heterocycles. The van der Waals surface area contributed by atoms with Crippen LogP contribution in [0.2, 0.25) is 0 Å². The largest absolute Gasteiger partial charge is 0.382 e. The molecule has 0 unspecified atom stereocenters. The summed E-state index contributed by atoms with van der Waals surface area (Å²) in [5, 5.41) is 7.52. The second-order valence-corrected chi connectivity index (χ2v) is 3.40. The lowest BCUT2D eigenvalue weighted by Crippen LogP contribution is -2.25. The molecule has 0 radical (unpaired) electrons. The van der Waals surface area contributed by atoms with Gasteiger partial charge in [0.2, 0.25) is 0 Å². The molecule has 0 aliphatic heterocycles. The Hall–Kier alpha value is -1.47. The Labute approximate surface area is 99.9 Å². The number of aromatic nitrogens is 3. The molecule has 0 saturated carbocycles. The minimum absolute atomic E-state index is 0.178. The average Bonchev–Trinajstić information content (AvgIpc) is 2.61. The van der Waals surface area contributed by atoms with Gasteiger partial charge in [-0.15, -0.1) is 5.10 Å². The minimum atomic E-state index is -0.436. The highest BCUT2D eigenvalue weighted by Gasteiger charge is 2.17. The Balaban J connectivity index is 2.75. The van der Waals surface area contributed by atoms with E-state index in [1.165, 1.54) is 11.6 Å². The summed E-state index contributed by atoms with van der Waals surface area (Å²) < 4.78 is 12.1. The van der Waals surface area contributed by atoms with E-state index in [0.717, 1.165) is 0 Å². The number of ketones is 1. The van der Waals surface area contributed by atoms with Crippen molar-refractivity contribution in [2.45, 2.75) is 33.6 Å². The number of Topliss-reactive ketones (excluding diaryl/α,β-unsaturated/α-hetero) is 1. The topological polar surface area (TPSA) is 92.3 Å². The summed E-state index contributed by atoms with van der Waals surface area (Å²) in [5.74, 6) is 0.0278. The standard InChI is InChI=1S/C10H18N4O3/c1-4-16-8(17-5-2)6-14-10(11)9(7(3)15)12-13-14/h8H,4-6,11H2,1-3H3. The fraction of sp³-hybridized carbons (Fsp3) is 0.700. The summed E-state index contributed by atoms with van der Waals surface area (Å²) in [5.41, 5.74) is 5.93. The Kier molecular flexibility index (Phi) is 5.05. The van der Waals surface area contributed by atoms with Crippen LogP contribution >= 0.6 is 0 Å². The van der Waals surface area contributed by atoms with Crippen molar-refractivity contribution in [2.75, 3.05) is 18.9 Å². The third kappa shape index (κ3) is 3.50. The Morgan fingerprint density at radius 2 is 2.00 bits per heavy atom. The van der Waals surface area contributed by atoms with Gasteiger partial charge in [-0.3, -0.25) is 4.79 Å². The first-order valence-corrected chi connectivity index (χ1v) is 5.53. The monoisotopic (exact) mass is 242 g/mol. The van der Waals surface area contributed by atoms with Gasteiger partial charge >= 0.3 is 0 Å². The van der Waals surface area contributed by atoms with Crippen LogP contribution in [0.3, 0.4) is 0 Å². The number of nitrogen functional groups attached to an aromatic ring is 1. The molecular weight excluding hydrogens is 224 g/mol. The highest BCUT2D eigenvalue weighted by Crippen LogP contribution is 2.10. The lowest BCUT2D eigenvalue weighted by atomic mass is 10.3. The van der Waals surface area contributed by atoms with E-state index in [0.29, 0.717) is 19.8 Å².